The van der Waals surface area contributed by atoms with E-state index in [1.807, 2.05) is 31.2 Å². The minimum absolute atomic E-state index is 0.0498. The van der Waals surface area contributed by atoms with Crippen molar-refractivity contribution in [3.05, 3.63) is 76.3 Å². The normalized spacial score (nSPS) is 12.4. The van der Waals surface area contributed by atoms with E-state index >= 15 is 0 Å². The van der Waals surface area contributed by atoms with Gasteiger partial charge in [-0.25, -0.2) is 4.79 Å². The number of ether oxygens (including phenoxy) is 1. The summed E-state index contributed by atoms with van der Waals surface area (Å²) in [7, 11) is 0. The number of aromatic nitrogens is 3. The Morgan fingerprint density at radius 2 is 1.90 bits per heavy atom. The van der Waals surface area contributed by atoms with Gasteiger partial charge in [0.05, 0.1) is 5.69 Å². The van der Waals surface area contributed by atoms with Gasteiger partial charge in [-0.05, 0) is 80.3 Å². The number of nitrogens with two attached hydrogens (primary N) is 2. The van der Waals surface area contributed by atoms with Crippen LogP contribution in [0.25, 0.3) is 28.0 Å². The Hall–Kier alpha value is -4.36. The molecule has 0 saturated heterocycles. The van der Waals surface area contributed by atoms with Crippen molar-refractivity contribution in [2.45, 2.75) is 45.1 Å². The third kappa shape index (κ3) is 8.56. The summed E-state index contributed by atoms with van der Waals surface area (Å²) in [6.45, 7) is 3.83. The molecule has 10 nitrogen and oxygen atoms in total. The molecule has 4 rings (SSSR count). The molecule has 2 aromatic heterocycles. The molecule has 41 heavy (non-hydrogen) atoms. The molecule has 0 aliphatic carbocycles. The smallest absolute Gasteiger partial charge is 0.406 e. The number of rotatable bonds is 12. The van der Waals surface area contributed by atoms with Crippen molar-refractivity contribution in [3.63, 3.8) is 0 Å². The molecule has 0 saturated carbocycles. The minimum atomic E-state index is -4.83. The van der Waals surface area contributed by atoms with Gasteiger partial charge in [-0.2, -0.15) is 4.98 Å². The highest BCUT2D eigenvalue weighted by atomic mass is 19.4. The lowest BCUT2D eigenvalue weighted by atomic mass is 10.0. The Bertz CT molecular complexity index is 1540. The fourth-order valence-electron chi connectivity index (χ4n) is 4.33. The van der Waals surface area contributed by atoms with E-state index in [0.717, 1.165) is 18.5 Å². The lowest BCUT2D eigenvalue weighted by Crippen LogP contribution is -2.32. The van der Waals surface area contributed by atoms with Gasteiger partial charge < -0.3 is 31.8 Å². The van der Waals surface area contributed by atoms with Crippen LogP contribution in [0.15, 0.2) is 59.5 Å². The number of nitrogens with zero attached hydrogens (tertiary/aromatic N) is 2. The molecule has 0 fully saturated rings. The Kier molecular flexibility index (Phi) is 9.30. The molecule has 0 spiro atoms. The first-order chi connectivity index (χ1) is 19.5. The highest BCUT2D eigenvalue weighted by molar-refractivity contribution is 5.83. The van der Waals surface area contributed by atoms with Crippen molar-refractivity contribution in [2.24, 2.45) is 11.5 Å². The highest BCUT2D eigenvalue weighted by Gasteiger charge is 2.31. The Balaban J connectivity index is 1.54. The third-order valence-corrected chi connectivity index (χ3v) is 6.30. The molecule has 4 aromatic rings. The van der Waals surface area contributed by atoms with Crippen LogP contribution in [0.5, 0.6) is 5.75 Å². The zero-order valence-corrected chi connectivity index (χ0v) is 22.5. The standard InChI is InChI=1S/C28H33F3N8O2/c1-17(32)3-4-19-11-20(13-23(12-19)41-28(29,30)31)24-14-21-16-39(27(40)38-25(21)37-24)22-7-5-18(6-8-22)15-35-9-2-10-36-26(33)34/h5-8,11-14,16-17,35H,2-4,9-10,15,32H2,1H3,(H4,33,34,36)(H,37,38,40)/t17-/m0/s1. The molecule has 0 unspecified atom stereocenters. The van der Waals surface area contributed by atoms with Gasteiger partial charge in [0, 0.05) is 42.0 Å². The maximum Gasteiger partial charge on any atom is 0.573 e. The van der Waals surface area contributed by atoms with Crippen LogP contribution in [0, 0.1) is 5.41 Å². The Morgan fingerprint density at radius 1 is 1.15 bits per heavy atom. The van der Waals surface area contributed by atoms with Crippen molar-refractivity contribution in [1.29, 1.82) is 5.41 Å². The lowest BCUT2D eigenvalue weighted by molar-refractivity contribution is -0.274. The first-order valence-corrected chi connectivity index (χ1v) is 13.1. The number of halogens is 3. The molecule has 218 valence electrons. The first-order valence-electron chi connectivity index (χ1n) is 13.1. The third-order valence-electron chi connectivity index (χ3n) is 6.30. The van der Waals surface area contributed by atoms with Crippen molar-refractivity contribution in [1.82, 2.24) is 25.2 Å². The monoisotopic (exact) mass is 570 g/mol. The van der Waals surface area contributed by atoms with Crippen LogP contribution in [0.3, 0.4) is 0 Å². The number of hydrogen-bond donors (Lipinski definition) is 6. The van der Waals surface area contributed by atoms with E-state index in [1.54, 1.807) is 18.3 Å². The second-order valence-corrected chi connectivity index (χ2v) is 9.85. The molecule has 8 N–H and O–H groups in total. The van der Waals surface area contributed by atoms with Crippen molar-refractivity contribution >= 4 is 17.0 Å². The lowest BCUT2D eigenvalue weighted by Gasteiger charge is -2.13. The topological polar surface area (TPSA) is 160 Å². The van der Waals surface area contributed by atoms with Gasteiger partial charge in [0.2, 0.25) is 0 Å². The molecular formula is C28H33F3N8O2. The number of fused-ring (bicyclic) bond motifs is 1. The minimum Gasteiger partial charge on any atom is -0.406 e. The molecule has 0 radical (unpaired) electrons. The maximum atomic E-state index is 13.0. The zero-order valence-electron chi connectivity index (χ0n) is 22.5. The van der Waals surface area contributed by atoms with Crippen LogP contribution in [-0.2, 0) is 13.0 Å². The summed E-state index contributed by atoms with van der Waals surface area (Å²) < 4.78 is 44.6. The number of guanidine groups is 1. The first kappa shape index (κ1) is 29.6. The average Bonchev–Trinajstić information content (AvgIpc) is 3.31. The van der Waals surface area contributed by atoms with E-state index in [1.165, 1.54) is 16.7 Å². The SMILES string of the molecule is C[C@H](N)CCc1cc(OC(F)(F)F)cc(-c2cc3cn(-c4ccc(CNCCCNC(=N)N)cc4)c(=O)nc3[nH]2)c1. The molecule has 1 atom stereocenters. The summed E-state index contributed by atoms with van der Waals surface area (Å²) in [6, 6.07) is 13.5. The van der Waals surface area contributed by atoms with E-state index in [-0.39, 0.29) is 17.8 Å². The summed E-state index contributed by atoms with van der Waals surface area (Å²) in [5.41, 5.74) is 14.2. The Morgan fingerprint density at radius 3 is 2.59 bits per heavy atom. The predicted octanol–water partition coefficient (Wildman–Crippen LogP) is 3.52. The van der Waals surface area contributed by atoms with Gasteiger partial charge in [0.15, 0.2) is 5.96 Å². The number of aryl methyl sites for hydroxylation is 1. The van der Waals surface area contributed by atoms with E-state index in [9.17, 15) is 18.0 Å². The molecule has 13 heteroatoms. The molecule has 0 aliphatic rings. The van der Waals surface area contributed by atoms with Crippen LogP contribution in [0.4, 0.5) is 13.2 Å². The quantitative estimate of drug-likeness (QED) is 0.0863. The van der Waals surface area contributed by atoms with Crippen LogP contribution in [-0.4, -0.2) is 46.0 Å². The van der Waals surface area contributed by atoms with Crippen LogP contribution >= 0.6 is 0 Å². The molecule has 0 bridgehead atoms. The highest BCUT2D eigenvalue weighted by Crippen LogP contribution is 2.31. The molecule has 0 aliphatic heterocycles. The number of benzene rings is 2. The molecule has 2 aromatic carbocycles. The number of nitrogens with one attached hydrogen (secondary N) is 4. The number of H-pyrrole nitrogens is 1. The largest absolute Gasteiger partial charge is 0.573 e. The van der Waals surface area contributed by atoms with E-state index in [2.05, 4.69) is 25.3 Å². The van der Waals surface area contributed by atoms with Gasteiger partial charge >= 0.3 is 12.1 Å². The fourth-order valence-corrected chi connectivity index (χ4v) is 4.33. The maximum absolute atomic E-state index is 13.0. The number of hydrogen-bond acceptors (Lipinski definition) is 6. The summed E-state index contributed by atoms with van der Waals surface area (Å²) >= 11 is 0. The summed E-state index contributed by atoms with van der Waals surface area (Å²) in [5.74, 6) is -0.380. The predicted molar refractivity (Wildman–Crippen MR) is 152 cm³/mol. The van der Waals surface area contributed by atoms with Crippen molar-refractivity contribution in [2.75, 3.05) is 13.1 Å². The average molecular weight is 571 g/mol. The van der Waals surface area contributed by atoms with Crippen LogP contribution < -0.4 is 32.5 Å². The van der Waals surface area contributed by atoms with Crippen molar-refractivity contribution < 1.29 is 17.9 Å². The zero-order chi connectivity index (χ0) is 29.6. The Labute approximate surface area is 234 Å². The van der Waals surface area contributed by atoms with E-state index in [4.69, 9.17) is 16.9 Å². The molecular weight excluding hydrogens is 537 g/mol. The van der Waals surface area contributed by atoms with Gasteiger partial charge in [0.1, 0.15) is 11.4 Å². The second kappa shape index (κ2) is 12.9. The van der Waals surface area contributed by atoms with Crippen LogP contribution in [0.1, 0.15) is 30.9 Å². The molecule has 2 heterocycles. The van der Waals surface area contributed by atoms with E-state index in [0.29, 0.717) is 59.5 Å². The fraction of sp³-hybridized carbons (Fsp3) is 0.321. The van der Waals surface area contributed by atoms with Gasteiger partial charge in [-0.3, -0.25) is 9.98 Å². The number of aromatic amines is 1. The summed E-state index contributed by atoms with van der Waals surface area (Å²) in [6.07, 6.45) is -1.30. The summed E-state index contributed by atoms with van der Waals surface area (Å²) in [5, 5.41) is 13.8. The van der Waals surface area contributed by atoms with Gasteiger partial charge in [-0.1, -0.05) is 12.1 Å². The van der Waals surface area contributed by atoms with E-state index < -0.39 is 12.1 Å². The number of alkyl halides is 3. The van der Waals surface area contributed by atoms with Crippen molar-refractivity contribution in [3.8, 4) is 22.7 Å². The van der Waals surface area contributed by atoms with Crippen LogP contribution in [0.2, 0.25) is 0 Å². The summed E-state index contributed by atoms with van der Waals surface area (Å²) in [4.78, 5) is 20.0. The molecule has 0 amide bonds. The van der Waals surface area contributed by atoms with Gasteiger partial charge in [-0.15, -0.1) is 13.2 Å². The second-order valence-electron chi connectivity index (χ2n) is 9.85. The van der Waals surface area contributed by atoms with Gasteiger partial charge in [0.25, 0.3) is 0 Å².